The predicted molar refractivity (Wildman–Crippen MR) is 80.9 cm³/mol. The van der Waals surface area contributed by atoms with Crippen LogP contribution in [0.5, 0.6) is 0 Å². The first-order valence-electron chi connectivity index (χ1n) is 7.80. The molecule has 0 atom stereocenters. The van der Waals surface area contributed by atoms with Crippen molar-refractivity contribution in [1.82, 2.24) is 0 Å². The second-order valence-electron chi connectivity index (χ2n) is 7.79. The van der Waals surface area contributed by atoms with Crippen molar-refractivity contribution in [2.24, 2.45) is 0 Å². The lowest BCUT2D eigenvalue weighted by Crippen LogP contribution is -2.60. The zero-order valence-corrected chi connectivity index (χ0v) is 14.3. The summed E-state index contributed by atoms with van der Waals surface area (Å²) >= 11 is 0. The van der Waals surface area contributed by atoms with Gasteiger partial charge in [0.2, 0.25) is 0 Å². The van der Waals surface area contributed by atoms with E-state index in [0.29, 0.717) is 13.1 Å². The number of carbonyl (C=O) groups excluding carboxylic acids is 2. The van der Waals surface area contributed by atoms with Crippen LogP contribution in [-0.4, -0.2) is 41.0 Å². The molecule has 122 valence electrons. The standard InChI is InChI=1S/C16H30NO4/c1-15(2,3)20-13(18)17(11-9-7-8-10-12-17)14(19)21-16(4,5)6/h7-12H2,1-6H3/q+1. The van der Waals surface area contributed by atoms with Crippen molar-refractivity contribution in [3.05, 3.63) is 0 Å². The average molecular weight is 300 g/mol. The summed E-state index contributed by atoms with van der Waals surface area (Å²) in [5.41, 5.74) is -1.23. The lowest BCUT2D eigenvalue weighted by Gasteiger charge is -2.34. The van der Waals surface area contributed by atoms with Gasteiger partial charge in [-0.05, 0) is 67.2 Å². The van der Waals surface area contributed by atoms with Gasteiger partial charge in [-0.25, -0.2) is 0 Å². The van der Waals surface area contributed by atoms with E-state index in [-0.39, 0.29) is 4.48 Å². The Kier molecular flexibility index (Phi) is 5.42. The third kappa shape index (κ3) is 5.30. The molecule has 1 heterocycles. The summed E-state index contributed by atoms with van der Waals surface area (Å²) in [6.45, 7) is 11.8. The predicted octanol–water partition coefficient (Wildman–Crippen LogP) is 4.25. The molecule has 0 radical (unpaired) electrons. The molecule has 2 amide bonds. The summed E-state index contributed by atoms with van der Waals surface area (Å²) in [4.78, 5) is 25.3. The van der Waals surface area contributed by atoms with Gasteiger partial charge in [0, 0.05) is 0 Å². The fourth-order valence-electron chi connectivity index (χ4n) is 2.37. The van der Waals surface area contributed by atoms with Crippen LogP contribution in [0.15, 0.2) is 0 Å². The summed E-state index contributed by atoms with van der Waals surface area (Å²) in [5, 5.41) is 0. The van der Waals surface area contributed by atoms with Crippen LogP contribution in [0.3, 0.4) is 0 Å². The monoisotopic (exact) mass is 300 g/mol. The number of nitrogens with zero attached hydrogens (tertiary/aromatic N) is 1. The van der Waals surface area contributed by atoms with Crippen molar-refractivity contribution in [2.45, 2.75) is 78.4 Å². The minimum absolute atomic E-state index is 0.339. The van der Waals surface area contributed by atoms with Crippen LogP contribution in [0, 0.1) is 0 Å². The Morgan fingerprint density at radius 1 is 0.714 bits per heavy atom. The average Bonchev–Trinajstić information content (AvgIpc) is 2.50. The summed E-state index contributed by atoms with van der Waals surface area (Å²) in [6, 6.07) is 0. The maximum absolute atomic E-state index is 12.7. The molecule has 1 aliphatic heterocycles. The van der Waals surface area contributed by atoms with E-state index < -0.39 is 23.4 Å². The van der Waals surface area contributed by atoms with Gasteiger partial charge >= 0.3 is 12.2 Å². The van der Waals surface area contributed by atoms with Crippen molar-refractivity contribution < 1.29 is 23.5 Å². The molecule has 0 saturated carbocycles. The zero-order valence-electron chi connectivity index (χ0n) is 14.3. The molecule has 1 fully saturated rings. The highest BCUT2D eigenvalue weighted by Crippen LogP contribution is 2.26. The Balaban J connectivity index is 3.04. The van der Waals surface area contributed by atoms with Gasteiger partial charge in [0.05, 0.1) is 13.1 Å². The summed E-state index contributed by atoms with van der Waals surface area (Å²) in [7, 11) is 0. The van der Waals surface area contributed by atoms with E-state index in [1.165, 1.54) is 0 Å². The van der Waals surface area contributed by atoms with E-state index >= 15 is 0 Å². The second-order valence-corrected chi connectivity index (χ2v) is 7.79. The molecule has 1 rings (SSSR count). The summed E-state index contributed by atoms with van der Waals surface area (Å²) in [6.07, 6.45) is 2.76. The van der Waals surface area contributed by atoms with Gasteiger partial charge < -0.3 is 9.47 Å². The van der Waals surface area contributed by atoms with Crippen LogP contribution in [0.2, 0.25) is 0 Å². The number of quaternary nitrogens is 1. The van der Waals surface area contributed by atoms with Gasteiger partial charge in [-0.3, -0.25) is 0 Å². The van der Waals surface area contributed by atoms with Crippen molar-refractivity contribution in [3.8, 4) is 0 Å². The molecular weight excluding hydrogens is 270 g/mol. The molecular formula is C16H30NO4+. The van der Waals surface area contributed by atoms with Crippen molar-refractivity contribution in [2.75, 3.05) is 13.1 Å². The Morgan fingerprint density at radius 3 is 1.33 bits per heavy atom. The van der Waals surface area contributed by atoms with Gasteiger partial charge in [0.25, 0.3) is 0 Å². The van der Waals surface area contributed by atoms with Crippen molar-refractivity contribution >= 4 is 12.2 Å². The molecule has 0 aromatic rings. The zero-order chi connectivity index (χ0) is 16.3. The van der Waals surface area contributed by atoms with E-state index in [2.05, 4.69) is 0 Å². The smallest absolute Gasteiger partial charge is 0.414 e. The van der Waals surface area contributed by atoms with Crippen LogP contribution < -0.4 is 0 Å². The molecule has 1 saturated heterocycles. The highest BCUT2D eigenvalue weighted by molar-refractivity contribution is 5.76. The molecule has 0 aromatic carbocycles. The first-order chi connectivity index (χ1) is 9.46. The minimum atomic E-state index is -0.614. The number of rotatable bonds is 0. The van der Waals surface area contributed by atoms with Crippen LogP contribution in [0.25, 0.3) is 0 Å². The lowest BCUT2D eigenvalue weighted by atomic mass is 10.2. The number of likely N-dealkylation sites (tertiary alicyclic amines) is 1. The number of amides is 2. The van der Waals surface area contributed by atoms with Gasteiger partial charge in [-0.2, -0.15) is 9.59 Å². The number of carbonyl (C=O) groups is 2. The van der Waals surface area contributed by atoms with Gasteiger partial charge in [0.1, 0.15) is 11.2 Å². The molecule has 0 bridgehead atoms. The Morgan fingerprint density at radius 2 is 1.05 bits per heavy atom. The molecule has 0 aliphatic carbocycles. The third-order valence-electron chi connectivity index (χ3n) is 3.32. The van der Waals surface area contributed by atoms with Gasteiger partial charge in [0.15, 0.2) is 0 Å². The maximum Gasteiger partial charge on any atom is 0.527 e. The number of hydrogen-bond acceptors (Lipinski definition) is 4. The fourth-order valence-corrected chi connectivity index (χ4v) is 2.37. The lowest BCUT2D eigenvalue weighted by molar-refractivity contribution is -0.787. The molecule has 5 nitrogen and oxygen atoms in total. The van der Waals surface area contributed by atoms with Crippen molar-refractivity contribution in [1.29, 1.82) is 0 Å². The summed E-state index contributed by atoms with van der Waals surface area (Å²) in [5.74, 6) is 0. The van der Waals surface area contributed by atoms with Crippen molar-refractivity contribution in [3.63, 3.8) is 0 Å². The highest BCUT2D eigenvalue weighted by atomic mass is 16.6. The van der Waals surface area contributed by atoms with Gasteiger partial charge in [-0.15, -0.1) is 4.48 Å². The number of imide groups is 1. The quantitative estimate of drug-likeness (QED) is 0.628. The fraction of sp³-hybridized carbons (Fsp3) is 0.875. The van der Waals surface area contributed by atoms with Crippen LogP contribution in [0.4, 0.5) is 9.59 Å². The molecule has 5 heteroatoms. The molecule has 0 unspecified atom stereocenters. The maximum atomic E-state index is 12.7. The van der Waals surface area contributed by atoms with E-state index in [9.17, 15) is 9.59 Å². The normalized spacial score (nSPS) is 19.5. The topological polar surface area (TPSA) is 52.6 Å². The molecule has 21 heavy (non-hydrogen) atoms. The number of hydrogen-bond donors (Lipinski definition) is 0. The van der Waals surface area contributed by atoms with Crippen LogP contribution >= 0.6 is 0 Å². The van der Waals surface area contributed by atoms with E-state index in [1.54, 1.807) is 0 Å². The van der Waals surface area contributed by atoms with E-state index in [4.69, 9.17) is 9.47 Å². The minimum Gasteiger partial charge on any atom is -0.414 e. The largest absolute Gasteiger partial charge is 0.527 e. The highest BCUT2D eigenvalue weighted by Gasteiger charge is 2.51. The van der Waals surface area contributed by atoms with Gasteiger partial charge in [-0.1, -0.05) is 0 Å². The summed E-state index contributed by atoms with van der Waals surface area (Å²) < 4.78 is 10.7. The van der Waals surface area contributed by atoms with E-state index in [0.717, 1.165) is 25.7 Å². The van der Waals surface area contributed by atoms with E-state index in [1.807, 2.05) is 41.5 Å². The Hall–Kier alpha value is -1.10. The molecule has 1 aliphatic rings. The van der Waals surface area contributed by atoms with Crippen LogP contribution in [0.1, 0.15) is 67.2 Å². The number of ether oxygens (including phenoxy) is 2. The molecule has 0 spiro atoms. The van der Waals surface area contributed by atoms with Crippen LogP contribution in [-0.2, 0) is 9.47 Å². The molecule has 0 N–H and O–H groups in total. The Bertz CT molecular complexity index is 352. The Labute approximate surface area is 128 Å². The molecule has 0 aromatic heterocycles. The first-order valence-corrected chi connectivity index (χ1v) is 7.80. The third-order valence-corrected chi connectivity index (χ3v) is 3.32. The second kappa shape index (κ2) is 6.34. The first kappa shape index (κ1) is 18.0. The SMILES string of the molecule is CC(C)(C)OC(=O)[N+]1(C(=O)OC(C)(C)C)CCCCCC1.